The molecule has 0 bridgehead atoms. The molecule has 7 nitrogen and oxygen atoms in total. The molecule has 2 heterocycles. The van der Waals surface area contributed by atoms with E-state index in [1.54, 1.807) is 30.5 Å². The molecule has 0 saturated carbocycles. The van der Waals surface area contributed by atoms with E-state index >= 15 is 0 Å². The van der Waals surface area contributed by atoms with E-state index in [-0.39, 0.29) is 11.6 Å². The topological polar surface area (TPSA) is 85.2 Å². The van der Waals surface area contributed by atoms with Crippen LogP contribution in [0.4, 0.5) is 5.82 Å². The minimum absolute atomic E-state index is 0.230. The van der Waals surface area contributed by atoms with Crippen LogP contribution < -0.4 is 10.6 Å². The van der Waals surface area contributed by atoms with Gasteiger partial charge in [0.25, 0.3) is 0 Å². The van der Waals surface area contributed by atoms with E-state index in [2.05, 4.69) is 15.7 Å². The molecule has 23 heavy (non-hydrogen) atoms. The zero-order valence-corrected chi connectivity index (χ0v) is 15.0. The lowest BCUT2D eigenvalue weighted by Gasteiger charge is -2.23. The third-order valence-corrected chi connectivity index (χ3v) is 4.39. The minimum atomic E-state index is -0.682. The summed E-state index contributed by atoms with van der Waals surface area (Å²) in [5, 5.41) is 9.94. The molecule has 0 aliphatic carbocycles. The molecule has 1 aromatic rings. The second-order valence-corrected chi connectivity index (χ2v) is 7.62. The highest BCUT2D eigenvalue weighted by atomic mass is 32.2. The maximum atomic E-state index is 12.2. The first-order valence-corrected chi connectivity index (χ1v) is 8.69. The van der Waals surface area contributed by atoms with E-state index in [1.807, 2.05) is 20.8 Å². The van der Waals surface area contributed by atoms with E-state index in [0.717, 1.165) is 22.8 Å². The molecular formula is C15H24N4O3S. The van der Waals surface area contributed by atoms with Gasteiger partial charge in [0.15, 0.2) is 0 Å². The summed E-state index contributed by atoms with van der Waals surface area (Å²) >= 11 is 1.75. The van der Waals surface area contributed by atoms with Crippen LogP contribution in [0, 0.1) is 0 Å². The van der Waals surface area contributed by atoms with Gasteiger partial charge >= 0.3 is 11.8 Å². The van der Waals surface area contributed by atoms with Gasteiger partial charge in [-0.1, -0.05) is 0 Å². The summed E-state index contributed by atoms with van der Waals surface area (Å²) in [7, 11) is 1.55. The number of ether oxygens (including phenoxy) is 1. The van der Waals surface area contributed by atoms with Crippen LogP contribution in [-0.2, 0) is 31.4 Å². The van der Waals surface area contributed by atoms with E-state index in [9.17, 15) is 9.59 Å². The number of amides is 2. The first kappa shape index (κ1) is 17.8. The fourth-order valence-electron chi connectivity index (χ4n) is 2.37. The second kappa shape index (κ2) is 6.92. The lowest BCUT2D eigenvalue weighted by molar-refractivity contribution is -0.136. The van der Waals surface area contributed by atoms with Gasteiger partial charge in [-0.25, -0.2) is 4.68 Å². The average Bonchev–Trinajstić information content (AvgIpc) is 3.00. The molecule has 2 rings (SSSR count). The van der Waals surface area contributed by atoms with Crippen molar-refractivity contribution in [1.29, 1.82) is 0 Å². The van der Waals surface area contributed by atoms with Gasteiger partial charge in [-0.3, -0.25) is 9.59 Å². The number of hydrogen-bond donors (Lipinski definition) is 2. The molecular weight excluding hydrogens is 316 g/mol. The van der Waals surface area contributed by atoms with Crippen molar-refractivity contribution in [3.8, 4) is 0 Å². The Hall–Kier alpha value is -1.54. The molecule has 0 unspecified atom stereocenters. The van der Waals surface area contributed by atoms with Crippen LogP contribution >= 0.6 is 11.8 Å². The highest BCUT2D eigenvalue weighted by Gasteiger charge is 2.30. The highest BCUT2D eigenvalue weighted by molar-refractivity contribution is 7.98. The van der Waals surface area contributed by atoms with Crippen molar-refractivity contribution < 1.29 is 14.3 Å². The Morgan fingerprint density at radius 1 is 1.35 bits per heavy atom. The molecule has 0 fully saturated rings. The highest BCUT2D eigenvalue weighted by Crippen LogP contribution is 2.37. The number of nitrogens with one attached hydrogen (secondary N) is 2. The number of hydrogen-bond acceptors (Lipinski definition) is 5. The first-order chi connectivity index (χ1) is 10.7. The SMILES string of the molecule is COC[C@@H](C)NC(=O)C(=O)Nc1c2c(nn1C(C)(C)C)CSC2. The van der Waals surface area contributed by atoms with Crippen LogP contribution in [0.1, 0.15) is 39.0 Å². The standard InChI is InChI=1S/C15H24N4O3S/c1-9(6-22-5)16-13(20)14(21)17-12-10-7-23-8-11(10)18-19(12)15(2,3)4/h9H,6-8H2,1-5H3,(H,16,20)(H,17,21)/t9-/m1/s1. The summed E-state index contributed by atoms with van der Waals surface area (Å²) in [6.45, 7) is 8.17. The fraction of sp³-hybridized carbons (Fsp3) is 0.667. The molecule has 2 amide bonds. The Labute approximate surface area is 140 Å². The minimum Gasteiger partial charge on any atom is -0.383 e. The molecule has 0 radical (unpaired) electrons. The molecule has 0 saturated heterocycles. The quantitative estimate of drug-likeness (QED) is 0.811. The maximum absolute atomic E-state index is 12.2. The number of aromatic nitrogens is 2. The molecule has 8 heteroatoms. The van der Waals surface area contributed by atoms with Gasteiger partial charge in [0, 0.05) is 30.2 Å². The number of anilines is 1. The molecule has 0 spiro atoms. The molecule has 0 aromatic carbocycles. The van der Waals surface area contributed by atoms with Gasteiger partial charge in [-0.2, -0.15) is 16.9 Å². The molecule has 1 aromatic heterocycles. The summed E-state index contributed by atoms with van der Waals surface area (Å²) in [5.74, 6) is 0.895. The monoisotopic (exact) mass is 340 g/mol. The van der Waals surface area contributed by atoms with Crippen molar-refractivity contribution in [2.45, 2.75) is 50.8 Å². The van der Waals surface area contributed by atoms with Crippen molar-refractivity contribution in [2.24, 2.45) is 0 Å². The Bertz CT molecular complexity index is 607. The molecule has 2 N–H and O–H groups in total. The van der Waals surface area contributed by atoms with Gasteiger partial charge in [0.1, 0.15) is 5.82 Å². The van der Waals surface area contributed by atoms with Crippen LogP contribution in [0.15, 0.2) is 0 Å². The molecule has 1 aliphatic rings. The normalized spacial score (nSPS) is 15.2. The lowest BCUT2D eigenvalue weighted by Crippen LogP contribution is -2.43. The van der Waals surface area contributed by atoms with Crippen molar-refractivity contribution in [1.82, 2.24) is 15.1 Å². The van der Waals surface area contributed by atoms with Gasteiger partial charge in [-0.15, -0.1) is 0 Å². The number of thioether (sulfide) groups is 1. The average molecular weight is 340 g/mol. The summed E-state index contributed by atoms with van der Waals surface area (Å²) in [6, 6.07) is -0.230. The van der Waals surface area contributed by atoms with Gasteiger partial charge < -0.3 is 15.4 Å². The number of nitrogens with zero attached hydrogens (tertiary/aromatic N) is 2. The predicted octanol–water partition coefficient (Wildman–Crippen LogP) is 1.47. The van der Waals surface area contributed by atoms with Gasteiger partial charge in [0.05, 0.1) is 17.8 Å². The number of fused-ring (bicyclic) bond motifs is 1. The van der Waals surface area contributed by atoms with E-state index in [4.69, 9.17) is 4.74 Å². The number of methoxy groups -OCH3 is 1. The van der Waals surface area contributed by atoms with Crippen molar-refractivity contribution in [2.75, 3.05) is 19.0 Å². The molecule has 1 atom stereocenters. The van der Waals surface area contributed by atoms with Gasteiger partial charge in [0.2, 0.25) is 0 Å². The zero-order chi connectivity index (χ0) is 17.2. The number of carbonyl (C=O) groups excluding carboxylic acids is 2. The number of rotatable bonds is 4. The zero-order valence-electron chi connectivity index (χ0n) is 14.2. The summed E-state index contributed by atoms with van der Waals surface area (Å²) in [6.07, 6.45) is 0. The Morgan fingerprint density at radius 2 is 2.04 bits per heavy atom. The van der Waals surface area contributed by atoms with Crippen LogP contribution in [0.3, 0.4) is 0 Å². The fourth-order valence-corrected chi connectivity index (χ4v) is 3.41. The smallest absolute Gasteiger partial charge is 0.314 e. The maximum Gasteiger partial charge on any atom is 0.314 e. The summed E-state index contributed by atoms with van der Waals surface area (Å²) < 4.78 is 6.74. The second-order valence-electron chi connectivity index (χ2n) is 6.63. The van der Waals surface area contributed by atoms with Crippen molar-refractivity contribution in [3.63, 3.8) is 0 Å². The first-order valence-electron chi connectivity index (χ1n) is 7.53. The summed E-state index contributed by atoms with van der Waals surface area (Å²) in [5.41, 5.74) is 1.71. The predicted molar refractivity (Wildman–Crippen MR) is 90.3 cm³/mol. The molecule has 1 aliphatic heterocycles. The van der Waals surface area contributed by atoms with Gasteiger partial charge in [-0.05, 0) is 27.7 Å². The third-order valence-electron chi connectivity index (χ3n) is 3.42. The van der Waals surface area contributed by atoms with Crippen LogP contribution in [0.5, 0.6) is 0 Å². The largest absolute Gasteiger partial charge is 0.383 e. The van der Waals surface area contributed by atoms with Crippen LogP contribution in [0.25, 0.3) is 0 Å². The Kier molecular flexibility index (Phi) is 5.36. The third kappa shape index (κ3) is 4.06. The van der Waals surface area contributed by atoms with E-state index in [1.165, 1.54) is 0 Å². The number of carbonyl (C=O) groups is 2. The van der Waals surface area contributed by atoms with Crippen LogP contribution in [-0.4, -0.2) is 41.4 Å². The lowest BCUT2D eigenvalue weighted by atomic mass is 10.1. The Balaban J connectivity index is 2.16. The van der Waals surface area contributed by atoms with E-state index in [0.29, 0.717) is 12.4 Å². The van der Waals surface area contributed by atoms with Crippen molar-refractivity contribution >= 4 is 29.4 Å². The summed E-state index contributed by atoms with van der Waals surface area (Å²) in [4.78, 5) is 24.2. The van der Waals surface area contributed by atoms with Crippen LogP contribution in [0.2, 0.25) is 0 Å². The van der Waals surface area contributed by atoms with Crippen molar-refractivity contribution in [3.05, 3.63) is 11.3 Å². The molecule has 128 valence electrons. The van der Waals surface area contributed by atoms with E-state index < -0.39 is 11.8 Å². The Morgan fingerprint density at radius 3 is 2.65 bits per heavy atom.